The first kappa shape index (κ1) is 12.5. The van der Waals surface area contributed by atoms with E-state index in [0.717, 1.165) is 5.56 Å². The highest BCUT2D eigenvalue weighted by Crippen LogP contribution is 2.30. The molecule has 0 radical (unpaired) electrons. The van der Waals surface area contributed by atoms with Crippen LogP contribution >= 0.6 is 0 Å². The maximum absolute atomic E-state index is 11.5. The van der Waals surface area contributed by atoms with Gasteiger partial charge in [-0.25, -0.2) is 4.79 Å². The Kier molecular flexibility index (Phi) is 3.90. The smallest absolute Gasteiger partial charge is 0.341 e. The molecule has 0 bridgehead atoms. The minimum absolute atomic E-state index is 0.334. The van der Waals surface area contributed by atoms with Crippen LogP contribution in [0.3, 0.4) is 0 Å². The fourth-order valence-electron chi connectivity index (χ4n) is 1.60. The number of benzene rings is 1. The molecular weight excluding hydrogens is 208 g/mol. The van der Waals surface area contributed by atoms with E-state index in [2.05, 4.69) is 4.74 Å². The lowest BCUT2D eigenvalue weighted by atomic mass is 10.0. The van der Waals surface area contributed by atoms with Crippen LogP contribution in [0.25, 0.3) is 0 Å². The zero-order chi connectivity index (χ0) is 12.3. The van der Waals surface area contributed by atoms with Gasteiger partial charge in [-0.1, -0.05) is 0 Å². The van der Waals surface area contributed by atoms with Gasteiger partial charge in [0.25, 0.3) is 0 Å². The van der Waals surface area contributed by atoms with Gasteiger partial charge < -0.3 is 14.6 Å². The third-order valence-corrected chi connectivity index (χ3v) is 2.32. The Bertz CT molecular complexity index is 396. The molecule has 1 rings (SSSR count). The quantitative estimate of drug-likeness (QED) is 0.796. The van der Waals surface area contributed by atoms with Crippen molar-refractivity contribution in [1.29, 1.82) is 0 Å². The molecule has 0 saturated heterocycles. The lowest BCUT2D eigenvalue weighted by Crippen LogP contribution is -2.08. The molecule has 88 valence electrons. The molecule has 4 nitrogen and oxygen atoms in total. The van der Waals surface area contributed by atoms with E-state index >= 15 is 0 Å². The van der Waals surface area contributed by atoms with Crippen LogP contribution in [0.5, 0.6) is 5.75 Å². The van der Waals surface area contributed by atoms with E-state index in [1.54, 1.807) is 19.1 Å². The zero-order valence-electron chi connectivity index (χ0n) is 9.90. The Morgan fingerprint density at radius 2 is 2.00 bits per heavy atom. The van der Waals surface area contributed by atoms with Crippen molar-refractivity contribution < 1.29 is 19.4 Å². The molecule has 4 heteroatoms. The molecule has 1 N–H and O–H groups in total. The lowest BCUT2D eigenvalue weighted by molar-refractivity contribution is 0.0596. The molecule has 1 aromatic rings. The predicted octanol–water partition coefficient (Wildman–Crippen LogP) is 1.84. The molecule has 1 atom stereocenters. The van der Waals surface area contributed by atoms with E-state index in [1.165, 1.54) is 14.2 Å². The van der Waals surface area contributed by atoms with Crippen molar-refractivity contribution >= 4 is 5.97 Å². The maximum Gasteiger partial charge on any atom is 0.341 e. The fourth-order valence-corrected chi connectivity index (χ4v) is 1.60. The van der Waals surface area contributed by atoms with Crippen molar-refractivity contribution in [2.45, 2.75) is 20.0 Å². The number of hydrogen-bond donors (Lipinski definition) is 1. The number of aryl methyl sites for hydroxylation is 1. The summed E-state index contributed by atoms with van der Waals surface area (Å²) in [6, 6.07) is 3.46. The molecule has 1 aromatic carbocycles. The van der Waals surface area contributed by atoms with Gasteiger partial charge >= 0.3 is 5.97 Å². The molecule has 1 unspecified atom stereocenters. The van der Waals surface area contributed by atoms with E-state index in [0.29, 0.717) is 16.9 Å². The second-order valence-electron chi connectivity index (χ2n) is 3.60. The van der Waals surface area contributed by atoms with Crippen LogP contribution in [-0.2, 0) is 4.74 Å². The lowest BCUT2D eigenvalue weighted by Gasteiger charge is -2.15. The Balaban J connectivity index is 3.41. The highest BCUT2D eigenvalue weighted by Gasteiger charge is 2.19. The first-order chi connectivity index (χ1) is 7.51. The number of aliphatic hydroxyl groups is 1. The monoisotopic (exact) mass is 224 g/mol. The number of hydrogen-bond acceptors (Lipinski definition) is 4. The van der Waals surface area contributed by atoms with Gasteiger partial charge in [0.2, 0.25) is 0 Å². The first-order valence-electron chi connectivity index (χ1n) is 4.96. The van der Waals surface area contributed by atoms with Gasteiger partial charge in [0.15, 0.2) is 0 Å². The normalized spacial score (nSPS) is 12.1. The van der Waals surface area contributed by atoms with Crippen LogP contribution in [-0.4, -0.2) is 25.3 Å². The molecule has 0 aromatic heterocycles. The van der Waals surface area contributed by atoms with Gasteiger partial charge in [-0.3, -0.25) is 0 Å². The second kappa shape index (κ2) is 4.99. The van der Waals surface area contributed by atoms with E-state index < -0.39 is 12.1 Å². The van der Waals surface area contributed by atoms with Crippen LogP contribution in [0, 0.1) is 6.92 Å². The molecule has 0 saturated carbocycles. The summed E-state index contributed by atoms with van der Waals surface area (Å²) < 4.78 is 9.82. The topological polar surface area (TPSA) is 55.8 Å². The van der Waals surface area contributed by atoms with Gasteiger partial charge in [-0.15, -0.1) is 0 Å². The van der Waals surface area contributed by atoms with Crippen molar-refractivity contribution in [1.82, 2.24) is 0 Å². The molecule has 0 fully saturated rings. The van der Waals surface area contributed by atoms with Gasteiger partial charge in [-0.2, -0.15) is 0 Å². The zero-order valence-corrected chi connectivity index (χ0v) is 9.90. The Hall–Kier alpha value is -1.55. The number of carbonyl (C=O) groups excluding carboxylic acids is 1. The average molecular weight is 224 g/mol. The highest BCUT2D eigenvalue weighted by molar-refractivity contribution is 5.93. The SMILES string of the molecule is COC(=O)c1cc(C)cc(C(C)O)c1OC. The van der Waals surface area contributed by atoms with Crippen molar-refractivity contribution in [2.24, 2.45) is 0 Å². The Morgan fingerprint density at radius 1 is 1.38 bits per heavy atom. The van der Waals surface area contributed by atoms with E-state index in [9.17, 15) is 9.90 Å². The number of rotatable bonds is 3. The summed E-state index contributed by atoms with van der Waals surface area (Å²) in [5, 5.41) is 9.61. The molecule has 0 spiro atoms. The molecule has 0 aliphatic rings. The minimum Gasteiger partial charge on any atom is -0.495 e. The number of methoxy groups -OCH3 is 2. The molecule has 0 amide bonds. The summed E-state index contributed by atoms with van der Waals surface area (Å²) in [6.07, 6.45) is -0.696. The fraction of sp³-hybridized carbons (Fsp3) is 0.417. The van der Waals surface area contributed by atoms with Crippen molar-refractivity contribution in [3.63, 3.8) is 0 Å². The van der Waals surface area contributed by atoms with Crippen molar-refractivity contribution in [2.75, 3.05) is 14.2 Å². The van der Waals surface area contributed by atoms with Crippen LogP contribution < -0.4 is 4.74 Å². The van der Waals surface area contributed by atoms with Crippen molar-refractivity contribution in [3.05, 3.63) is 28.8 Å². The van der Waals surface area contributed by atoms with E-state index in [-0.39, 0.29) is 0 Å². The van der Waals surface area contributed by atoms with Crippen LogP contribution in [0.4, 0.5) is 0 Å². The van der Waals surface area contributed by atoms with Crippen LogP contribution in [0.1, 0.15) is 34.5 Å². The van der Waals surface area contributed by atoms with Gasteiger partial charge in [0.1, 0.15) is 11.3 Å². The number of aliphatic hydroxyl groups excluding tert-OH is 1. The van der Waals surface area contributed by atoms with Crippen LogP contribution in [0.15, 0.2) is 12.1 Å². The minimum atomic E-state index is -0.696. The molecule has 16 heavy (non-hydrogen) atoms. The van der Waals surface area contributed by atoms with Crippen molar-refractivity contribution in [3.8, 4) is 5.75 Å². The maximum atomic E-state index is 11.5. The third kappa shape index (κ3) is 2.33. The summed E-state index contributed by atoms with van der Waals surface area (Å²) >= 11 is 0. The summed E-state index contributed by atoms with van der Waals surface area (Å²) in [7, 11) is 2.77. The summed E-state index contributed by atoms with van der Waals surface area (Å²) in [4.78, 5) is 11.5. The molecule has 0 heterocycles. The number of carbonyl (C=O) groups is 1. The Morgan fingerprint density at radius 3 is 2.44 bits per heavy atom. The highest BCUT2D eigenvalue weighted by atomic mass is 16.5. The second-order valence-corrected chi connectivity index (χ2v) is 3.60. The standard InChI is InChI=1S/C12H16O4/c1-7-5-9(8(2)13)11(15-3)10(6-7)12(14)16-4/h5-6,8,13H,1-4H3. The predicted molar refractivity (Wildman–Crippen MR) is 59.7 cm³/mol. The van der Waals surface area contributed by atoms with Crippen LogP contribution in [0.2, 0.25) is 0 Å². The summed E-state index contributed by atoms with van der Waals surface area (Å²) in [5.41, 5.74) is 1.79. The van der Waals surface area contributed by atoms with E-state index in [4.69, 9.17) is 4.74 Å². The summed E-state index contributed by atoms with van der Waals surface area (Å²) in [6.45, 7) is 3.47. The summed E-state index contributed by atoms with van der Waals surface area (Å²) in [5.74, 6) is -0.102. The molecular formula is C12H16O4. The number of esters is 1. The molecule has 0 aliphatic carbocycles. The van der Waals surface area contributed by atoms with Gasteiger partial charge in [0, 0.05) is 5.56 Å². The van der Waals surface area contributed by atoms with E-state index in [1.807, 2.05) is 6.92 Å². The number of ether oxygens (including phenoxy) is 2. The first-order valence-corrected chi connectivity index (χ1v) is 4.96. The molecule has 0 aliphatic heterocycles. The Labute approximate surface area is 94.8 Å². The third-order valence-electron chi connectivity index (χ3n) is 2.32. The largest absolute Gasteiger partial charge is 0.495 e. The van der Waals surface area contributed by atoms with Gasteiger partial charge in [-0.05, 0) is 31.5 Å². The average Bonchev–Trinajstić information content (AvgIpc) is 2.26. The van der Waals surface area contributed by atoms with Gasteiger partial charge in [0.05, 0.1) is 20.3 Å².